The van der Waals surface area contributed by atoms with Crippen molar-refractivity contribution in [2.45, 2.75) is 6.42 Å². The van der Waals surface area contributed by atoms with Gasteiger partial charge in [0.15, 0.2) is 0 Å². The van der Waals surface area contributed by atoms with Gasteiger partial charge in [-0.1, -0.05) is 24.3 Å². The van der Waals surface area contributed by atoms with Crippen molar-refractivity contribution in [3.05, 3.63) is 24.3 Å². The molecule has 2 rings (SSSR count). The third kappa shape index (κ3) is 0.583. The van der Waals surface area contributed by atoms with Crippen LogP contribution in [0, 0.1) is 11.3 Å². The van der Waals surface area contributed by atoms with Crippen molar-refractivity contribution >= 4 is 0 Å². The Labute approximate surface area is 54.7 Å². The van der Waals surface area contributed by atoms with Crippen molar-refractivity contribution in [1.29, 1.82) is 0 Å². The molecule has 0 aromatic rings. The van der Waals surface area contributed by atoms with E-state index >= 15 is 0 Å². The van der Waals surface area contributed by atoms with E-state index in [1.807, 2.05) is 0 Å². The van der Waals surface area contributed by atoms with Gasteiger partial charge >= 0.3 is 0 Å². The van der Waals surface area contributed by atoms with Gasteiger partial charge in [-0.3, -0.25) is 0 Å². The predicted molar refractivity (Wildman–Crippen MR) is 35.9 cm³/mol. The van der Waals surface area contributed by atoms with E-state index in [1.54, 1.807) is 0 Å². The van der Waals surface area contributed by atoms with E-state index in [-0.39, 0.29) is 0 Å². The van der Waals surface area contributed by atoms with Gasteiger partial charge in [0.25, 0.3) is 0 Å². The molecule has 0 aliphatic heterocycles. The van der Waals surface area contributed by atoms with Crippen molar-refractivity contribution in [3.63, 3.8) is 0 Å². The third-order valence-corrected chi connectivity index (χ3v) is 2.34. The number of hydrogen-bond donors (Lipinski definition) is 1. The second-order valence-corrected chi connectivity index (χ2v) is 2.91. The van der Waals surface area contributed by atoms with Crippen LogP contribution in [0.15, 0.2) is 24.3 Å². The number of allylic oxidation sites excluding steroid dienone is 4. The van der Waals surface area contributed by atoms with Gasteiger partial charge in [-0.25, -0.2) is 0 Å². The summed E-state index contributed by atoms with van der Waals surface area (Å²) in [7, 11) is 0. The van der Waals surface area contributed by atoms with E-state index in [4.69, 9.17) is 5.11 Å². The summed E-state index contributed by atoms with van der Waals surface area (Å²) in [6.45, 7) is 0.342. The Morgan fingerprint density at radius 3 is 2.56 bits per heavy atom. The Morgan fingerprint density at radius 2 is 2.11 bits per heavy atom. The molecule has 48 valence electrons. The van der Waals surface area contributed by atoms with Crippen LogP contribution in [0.25, 0.3) is 0 Å². The topological polar surface area (TPSA) is 20.2 Å². The molecule has 0 aromatic carbocycles. The Hall–Kier alpha value is -0.560. The van der Waals surface area contributed by atoms with Gasteiger partial charge in [-0.05, 0) is 12.3 Å². The highest BCUT2D eigenvalue weighted by molar-refractivity contribution is 5.33. The normalized spacial score (nSPS) is 34.1. The standard InChI is InChI=1S/C8H10O/c9-6-7-5-8(7)3-1-2-4-8/h1-4,7,9H,5-6H2/t7-/m1/s1. The van der Waals surface area contributed by atoms with Gasteiger partial charge in [0.1, 0.15) is 0 Å². The van der Waals surface area contributed by atoms with Crippen LogP contribution < -0.4 is 0 Å². The molecule has 0 heterocycles. The molecule has 1 heteroatoms. The molecule has 1 atom stereocenters. The molecule has 0 radical (unpaired) electrons. The van der Waals surface area contributed by atoms with E-state index < -0.39 is 0 Å². The summed E-state index contributed by atoms with van der Waals surface area (Å²) in [5.74, 6) is 0.521. The number of aliphatic hydroxyl groups is 1. The van der Waals surface area contributed by atoms with E-state index in [2.05, 4.69) is 24.3 Å². The fraction of sp³-hybridized carbons (Fsp3) is 0.500. The zero-order valence-corrected chi connectivity index (χ0v) is 5.25. The van der Waals surface area contributed by atoms with E-state index in [9.17, 15) is 0 Å². The van der Waals surface area contributed by atoms with Gasteiger partial charge in [0, 0.05) is 12.0 Å². The van der Waals surface area contributed by atoms with Gasteiger partial charge in [-0.15, -0.1) is 0 Å². The highest BCUT2D eigenvalue weighted by Gasteiger charge is 2.50. The lowest BCUT2D eigenvalue weighted by Gasteiger charge is -1.98. The van der Waals surface area contributed by atoms with E-state index in [0.29, 0.717) is 17.9 Å². The third-order valence-electron chi connectivity index (χ3n) is 2.34. The highest BCUT2D eigenvalue weighted by Crippen LogP contribution is 2.56. The van der Waals surface area contributed by atoms with E-state index in [1.165, 1.54) is 0 Å². The van der Waals surface area contributed by atoms with Crippen molar-refractivity contribution in [2.75, 3.05) is 6.61 Å². The first-order valence-corrected chi connectivity index (χ1v) is 3.35. The first kappa shape index (κ1) is 5.24. The maximum Gasteiger partial charge on any atom is 0.0471 e. The molecule has 0 unspecified atom stereocenters. The molecule has 0 saturated heterocycles. The summed E-state index contributed by atoms with van der Waals surface area (Å²) >= 11 is 0. The summed E-state index contributed by atoms with van der Waals surface area (Å²) in [6.07, 6.45) is 9.66. The fourth-order valence-corrected chi connectivity index (χ4v) is 1.54. The Balaban J connectivity index is 2.14. The lowest BCUT2D eigenvalue weighted by atomic mass is 10.1. The predicted octanol–water partition coefficient (Wildman–Crippen LogP) is 1.11. The second kappa shape index (κ2) is 1.48. The minimum atomic E-state index is 0.300. The Morgan fingerprint density at radius 1 is 1.44 bits per heavy atom. The van der Waals surface area contributed by atoms with Crippen molar-refractivity contribution in [1.82, 2.24) is 0 Å². The Kier molecular flexibility index (Phi) is 0.862. The van der Waals surface area contributed by atoms with Crippen molar-refractivity contribution in [3.8, 4) is 0 Å². The summed E-state index contributed by atoms with van der Waals surface area (Å²) in [5.41, 5.74) is 0.300. The molecule has 1 spiro atoms. The largest absolute Gasteiger partial charge is 0.396 e. The molecule has 0 amide bonds. The maximum absolute atomic E-state index is 8.76. The molecule has 2 aliphatic rings. The van der Waals surface area contributed by atoms with Crippen LogP contribution in [-0.2, 0) is 0 Å². The summed E-state index contributed by atoms with van der Waals surface area (Å²) in [6, 6.07) is 0. The van der Waals surface area contributed by atoms with Crippen LogP contribution in [0.5, 0.6) is 0 Å². The molecule has 1 N–H and O–H groups in total. The first-order chi connectivity index (χ1) is 4.37. The minimum absolute atomic E-state index is 0.300. The van der Waals surface area contributed by atoms with Crippen LogP contribution in [0.4, 0.5) is 0 Å². The number of rotatable bonds is 1. The lowest BCUT2D eigenvalue weighted by molar-refractivity contribution is 0.266. The van der Waals surface area contributed by atoms with Gasteiger partial charge < -0.3 is 5.11 Å². The van der Waals surface area contributed by atoms with Gasteiger partial charge in [0.2, 0.25) is 0 Å². The zero-order chi connectivity index (χ0) is 6.32. The highest BCUT2D eigenvalue weighted by atomic mass is 16.3. The zero-order valence-electron chi connectivity index (χ0n) is 5.25. The molecule has 1 saturated carbocycles. The summed E-state index contributed by atoms with van der Waals surface area (Å²) < 4.78 is 0. The second-order valence-electron chi connectivity index (χ2n) is 2.91. The molecule has 1 fully saturated rings. The molecular weight excluding hydrogens is 112 g/mol. The van der Waals surface area contributed by atoms with Crippen LogP contribution >= 0.6 is 0 Å². The first-order valence-electron chi connectivity index (χ1n) is 3.35. The van der Waals surface area contributed by atoms with Crippen molar-refractivity contribution in [2.24, 2.45) is 11.3 Å². The van der Waals surface area contributed by atoms with Crippen LogP contribution in [0.1, 0.15) is 6.42 Å². The summed E-state index contributed by atoms with van der Waals surface area (Å²) in [5, 5.41) is 8.76. The van der Waals surface area contributed by atoms with Crippen LogP contribution in [0.2, 0.25) is 0 Å². The molecular formula is C8H10O. The Bertz CT molecular complexity index is 167. The summed E-state index contributed by atoms with van der Waals surface area (Å²) in [4.78, 5) is 0. The fourth-order valence-electron chi connectivity index (χ4n) is 1.54. The minimum Gasteiger partial charge on any atom is -0.396 e. The average molecular weight is 122 g/mol. The van der Waals surface area contributed by atoms with Gasteiger partial charge in [0.05, 0.1) is 0 Å². The molecule has 0 aromatic heterocycles. The van der Waals surface area contributed by atoms with E-state index in [0.717, 1.165) is 6.42 Å². The average Bonchev–Trinajstić information content (AvgIpc) is 2.30. The SMILES string of the molecule is OC[C@H]1CC12C=CC=C2. The van der Waals surface area contributed by atoms with Crippen LogP contribution in [-0.4, -0.2) is 11.7 Å². The molecule has 9 heavy (non-hydrogen) atoms. The quantitative estimate of drug-likeness (QED) is 0.552. The smallest absolute Gasteiger partial charge is 0.0471 e. The molecule has 2 aliphatic carbocycles. The van der Waals surface area contributed by atoms with Crippen LogP contribution in [0.3, 0.4) is 0 Å². The van der Waals surface area contributed by atoms with Gasteiger partial charge in [-0.2, -0.15) is 0 Å². The number of aliphatic hydroxyl groups excluding tert-OH is 1. The molecule has 1 nitrogen and oxygen atoms in total. The number of hydrogen-bond acceptors (Lipinski definition) is 1. The lowest BCUT2D eigenvalue weighted by Crippen LogP contribution is -1.95. The monoisotopic (exact) mass is 122 g/mol. The maximum atomic E-state index is 8.76. The molecule has 0 bridgehead atoms. The van der Waals surface area contributed by atoms with Crippen molar-refractivity contribution < 1.29 is 5.11 Å².